The van der Waals surface area contributed by atoms with Crippen molar-refractivity contribution in [3.05, 3.63) is 58.6 Å². The van der Waals surface area contributed by atoms with Gasteiger partial charge >= 0.3 is 0 Å². The summed E-state index contributed by atoms with van der Waals surface area (Å²) in [7, 11) is -3.51. The summed E-state index contributed by atoms with van der Waals surface area (Å²) in [6, 6.07) is 13.9. The second kappa shape index (κ2) is 6.60. The van der Waals surface area contributed by atoms with E-state index >= 15 is 0 Å². The number of hydrogen-bond donors (Lipinski definition) is 1. The third-order valence-electron chi connectivity index (χ3n) is 3.11. The monoisotopic (exact) mass is 368 g/mol. The van der Waals surface area contributed by atoms with Crippen LogP contribution in [0.5, 0.6) is 0 Å². The first kappa shape index (κ1) is 16.0. The molecule has 0 fully saturated rings. The molecule has 0 aliphatic heterocycles. The number of nitrogens with zero attached hydrogens (tertiary/aromatic N) is 1. The van der Waals surface area contributed by atoms with Gasteiger partial charge in [0.05, 0.1) is 4.90 Å². The molecule has 0 unspecified atom stereocenters. The highest BCUT2D eigenvalue weighted by Crippen LogP contribution is 2.21. The minimum atomic E-state index is -3.51. The zero-order valence-corrected chi connectivity index (χ0v) is 14.1. The van der Waals surface area contributed by atoms with Gasteiger partial charge < -0.3 is 5.73 Å². The second-order valence-corrected chi connectivity index (χ2v) is 7.48. The van der Waals surface area contributed by atoms with Crippen LogP contribution in [0.1, 0.15) is 12.5 Å². The van der Waals surface area contributed by atoms with Gasteiger partial charge in [0.1, 0.15) is 0 Å². The maximum absolute atomic E-state index is 12.6. The normalized spacial score (nSPS) is 11.8. The van der Waals surface area contributed by atoms with Crippen LogP contribution in [0.25, 0.3) is 0 Å². The van der Waals surface area contributed by atoms with Crippen LogP contribution in [0, 0.1) is 0 Å². The number of benzene rings is 2. The van der Waals surface area contributed by atoms with Gasteiger partial charge in [0.15, 0.2) is 0 Å². The Labute approximate surface area is 133 Å². The Morgan fingerprint density at radius 1 is 1.14 bits per heavy atom. The fourth-order valence-corrected chi connectivity index (χ4v) is 3.72. The third kappa shape index (κ3) is 3.84. The molecule has 2 N–H and O–H groups in total. The van der Waals surface area contributed by atoms with E-state index in [0.717, 1.165) is 10.0 Å². The summed E-state index contributed by atoms with van der Waals surface area (Å²) in [6.45, 7) is 2.52. The van der Waals surface area contributed by atoms with E-state index in [0.29, 0.717) is 18.8 Å². The first-order valence-corrected chi connectivity index (χ1v) is 8.77. The molecule has 0 atom stereocenters. The lowest BCUT2D eigenvalue weighted by atomic mass is 10.2. The molecule has 112 valence electrons. The SMILES string of the molecule is CCN(Cc1cccc(N)c1)S(=O)(=O)c1ccc(Br)cc1. The minimum Gasteiger partial charge on any atom is -0.399 e. The molecule has 0 amide bonds. The Morgan fingerprint density at radius 2 is 1.81 bits per heavy atom. The van der Waals surface area contributed by atoms with E-state index in [4.69, 9.17) is 5.73 Å². The quantitative estimate of drug-likeness (QED) is 0.823. The molecule has 0 saturated carbocycles. The van der Waals surface area contributed by atoms with Crippen molar-refractivity contribution in [2.75, 3.05) is 12.3 Å². The summed E-state index contributed by atoms with van der Waals surface area (Å²) in [5, 5.41) is 0. The lowest BCUT2D eigenvalue weighted by Gasteiger charge is -2.20. The summed E-state index contributed by atoms with van der Waals surface area (Å²) in [5.74, 6) is 0. The van der Waals surface area contributed by atoms with Gasteiger partial charge in [-0.25, -0.2) is 8.42 Å². The number of nitrogen functional groups attached to an aromatic ring is 1. The Hall–Kier alpha value is -1.37. The van der Waals surface area contributed by atoms with Gasteiger partial charge in [-0.2, -0.15) is 4.31 Å². The molecule has 0 radical (unpaired) electrons. The summed E-state index contributed by atoms with van der Waals surface area (Å²) < 4.78 is 27.6. The van der Waals surface area contributed by atoms with Crippen LogP contribution >= 0.6 is 15.9 Å². The van der Waals surface area contributed by atoms with Crippen LogP contribution in [0.4, 0.5) is 5.69 Å². The Bertz CT molecular complexity index is 715. The number of sulfonamides is 1. The molecule has 6 heteroatoms. The highest BCUT2D eigenvalue weighted by molar-refractivity contribution is 9.10. The van der Waals surface area contributed by atoms with Crippen LogP contribution in [0.15, 0.2) is 57.9 Å². The molecule has 4 nitrogen and oxygen atoms in total. The highest BCUT2D eigenvalue weighted by atomic mass is 79.9. The molecule has 0 aromatic heterocycles. The van der Waals surface area contributed by atoms with Crippen molar-refractivity contribution < 1.29 is 8.42 Å². The zero-order chi connectivity index (χ0) is 15.5. The van der Waals surface area contributed by atoms with Gasteiger partial charge in [-0.3, -0.25) is 0 Å². The van der Waals surface area contributed by atoms with Gasteiger partial charge in [0, 0.05) is 23.2 Å². The van der Waals surface area contributed by atoms with E-state index in [1.54, 1.807) is 36.4 Å². The van der Waals surface area contributed by atoms with E-state index < -0.39 is 10.0 Å². The van der Waals surface area contributed by atoms with Gasteiger partial charge in [0.2, 0.25) is 10.0 Å². The average molecular weight is 369 g/mol. The number of hydrogen-bond acceptors (Lipinski definition) is 3. The number of anilines is 1. The molecule has 0 spiro atoms. The van der Waals surface area contributed by atoms with Crippen molar-refractivity contribution in [1.29, 1.82) is 0 Å². The van der Waals surface area contributed by atoms with Crippen LogP contribution in [-0.2, 0) is 16.6 Å². The van der Waals surface area contributed by atoms with Crippen molar-refractivity contribution in [3.8, 4) is 0 Å². The summed E-state index contributed by atoms with van der Waals surface area (Å²) in [5.41, 5.74) is 7.24. The topological polar surface area (TPSA) is 63.4 Å². The summed E-state index contributed by atoms with van der Waals surface area (Å²) >= 11 is 3.31. The lowest BCUT2D eigenvalue weighted by molar-refractivity contribution is 0.423. The molecule has 2 rings (SSSR count). The third-order valence-corrected chi connectivity index (χ3v) is 5.58. The fraction of sp³-hybridized carbons (Fsp3) is 0.200. The highest BCUT2D eigenvalue weighted by Gasteiger charge is 2.23. The predicted octanol–water partition coefficient (Wildman–Crippen LogP) is 3.24. The molecule has 2 aromatic carbocycles. The first-order valence-electron chi connectivity index (χ1n) is 6.53. The van der Waals surface area contributed by atoms with Crippen molar-refractivity contribution in [2.45, 2.75) is 18.4 Å². The smallest absolute Gasteiger partial charge is 0.243 e. The average Bonchev–Trinajstić information content (AvgIpc) is 2.45. The van der Waals surface area contributed by atoms with Crippen LogP contribution in [0.2, 0.25) is 0 Å². The van der Waals surface area contributed by atoms with E-state index in [2.05, 4.69) is 15.9 Å². The Kier molecular flexibility index (Phi) is 5.03. The molecule has 0 bridgehead atoms. The van der Waals surface area contributed by atoms with E-state index in [1.807, 2.05) is 19.1 Å². The molecule has 2 aromatic rings. The lowest BCUT2D eigenvalue weighted by Crippen LogP contribution is -2.30. The Morgan fingerprint density at radius 3 is 2.38 bits per heavy atom. The van der Waals surface area contributed by atoms with Gasteiger partial charge in [-0.1, -0.05) is 35.0 Å². The number of halogens is 1. The fourth-order valence-electron chi connectivity index (χ4n) is 2.02. The van der Waals surface area contributed by atoms with Crippen molar-refractivity contribution in [2.24, 2.45) is 0 Å². The molecule has 0 heterocycles. The standard InChI is InChI=1S/C15H17BrN2O2S/c1-2-18(11-12-4-3-5-14(17)10-12)21(19,20)15-8-6-13(16)7-9-15/h3-10H,2,11,17H2,1H3. The Balaban J connectivity index is 2.29. The van der Waals surface area contributed by atoms with Crippen molar-refractivity contribution in [3.63, 3.8) is 0 Å². The van der Waals surface area contributed by atoms with E-state index in [-0.39, 0.29) is 4.90 Å². The maximum atomic E-state index is 12.6. The summed E-state index contributed by atoms with van der Waals surface area (Å²) in [4.78, 5) is 0.288. The first-order chi connectivity index (χ1) is 9.93. The van der Waals surface area contributed by atoms with Crippen LogP contribution < -0.4 is 5.73 Å². The number of nitrogens with two attached hydrogens (primary N) is 1. The van der Waals surface area contributed by atoms with Gasteiger partial charge in [-0.05, 0) is 42.0 Å². The molecule has 0 saturated heterocycles. The van der Waals surface area contributed by atoms with Crippen LogP contribution in [-0.4, -0.2) is 19.3 Å². The van der Waals surface area contributed by atoms with Crippen molar-refractivity contribution in [1.82, 2.24) is 4.31 Å². The molecular formula is C15H17BrN2O2S. The maximum Gasteiger partial charge on any atom is 0.243 e. The van der Waals surface area contributed by atoms with Crippen molar-refractivity contribution >= 4 is 31.6 Å². The zero-order valence-electron chi connectivity index (χ0n) is 11.7. The van der Waals surface area contributed by atoms with E-state index in [1.165, 1.54) is 4.31 Å². The van der Waals surface area contributed by atoms with E-state index in [9.17, 15) is 8.42 Å². The summed E-state index contributed by atoms with van der Waals surface area (Å²) in [6.07, 6.45) is 0. The molecule has 0 aliphatic carbocycles. The second-order valence-electron chi connectivity index (χ2n) is 4.63. The molecular weight excluding hydrogens is 352 g/mol. The van der Waals surface area contributed by atoms with Gasteiger partial charge in [-0.15, -0.1) is 0 Å². The van der Waals surface area contributed by atoms with Crippen LogP contribution in [0.3, 0.4) is 0 Å². The largest absolute Gasteiger partial charge is 0.399 e. The van der Waals surface area contributed by atoms with Gasteiger partial charge in [0.25, 0.3) is 0 Å². The molecule has 0 aliphatic rings. The predicted molar refractivity (Wildman–Crippen MR) is 88.3 cm³/mol. The number of rotatable bonds is 5. The minimum absolute atomic E-state index is 0.288. The molecule has 21 heavy (non-hydrogen) atoms.